The number of hydrogen-bond acceptors (Lipinski definition) is 5. The van der Waals surface area contributed by atoms with E-state index in [1.165, 1.54) is 28.0 Å². The van der Waals surface area contributed by atoms with Crippen molar-refractivity contribution in [3.8, 4) is 11.4 Å². The number of carbonyl (C=O) groups is 1. The SMILES string of the molecule is CN(Cc1c(F)cccc1Cl)C(=O)COc1ccc(-n2cnnn2)cc1. The van der Waals surface area contributed by atoms with Gasteiger partial charge in [-0.15, -0.1) is 5.10 Å². The number of tetrazole rings is 1. The molecule has 0 unspecified atom stereocenters. The molecule has 0 radical (unpaired) electrons. The standard InChI is InChI=1S/C17H15ClFN5O2/c1-23(9-14-15(18)3-2-4-16(14)19)17(25)10-26-13-7-5-12(6-8-13)24-11-20-21-22-24/h2-8,11H,9-10H2,1H3. The lowest BCUT2D eigenvalue weighted by Crippen LogP contribution is -2.31. The zero-order valence-electron chi connectivity index (χ0n) is 13.8. The van der Waals surface area contributed by atoms with Crippen LogP contribution in [0, 0.1) is 5.82 Å². The fraction of sp³-hybridized carbons (Fsp3) is 0.176. The number of ether oxygens (including phenoxy) is 1. The van der Waals surface area contributed by atoms with Crippen molar-refractivity contribution >= 4 is 17.5 Å². The van der Waals surface area contributed by atoms with Crippen LogP contribution in [-0.4, -0.2) is 44.7 Å². The van der Waals surface area contributed by atoms with Crippen molar-refractivity contribution in [1.29, 1.82) is 0 Å². The molecule has 2 aromatic carbocycles. The van der Waals surface area contributed by atoms with Crippen molar-refractivity contribution in [3.05, 3.63) is 65.2 Å². The van der Waals surface area contributed by atoms with E-state index in [1.54, 1.807) is 37.4 Å². The fourth-order valence-electron chi connectivity index (χ4n) is 2.24. The topological polar surface area (TPSA) is 73.1 Å². The molecular weight excluding hydrogens is 361 g/mol. The Hall–Kier alpha value is -3.00. The Bertz CT molecular complexity index is 866. The normalized spacial score (nSPS) is 10.6. The van der Waals surface area contributed by atoms with Gasteiger partial charge in [-0.05, 0) is 46.8 Å². The van der Waals surface area contributed by atoms with E-state index < -0.39 is 5.82 Å². The molecule has 26 heavy (non-hydrogen) atoms. The lowest BCUT2D eigenvalue weighted by atomic mass is 10.2. The molecule has 7 nitrogen and oxygen atoms in total. The molecule has 1 amide bonds. The monoisotopic (exact) mass is 375 g/mol. The first-order valence-corrected chi connectivity index (χ1v) is 8.05. The van der Waals surface area contributed by atoms with E-state index >= 15 is 0 Å². The minimum absolute atomic E-state index is 0.0614. The summed E-state index contributed by atoms with van der Waals surface area (Å²) >= 11 is 5.98. The maximum Gasteiger partial charge on any atom is 0.260 e. The van der Waals surface area contributed by atoms with E-state index in [4.69, 9.17) is 16.3 Å². The van der Waals surface area contributed by atoms with Gasteiger partial charge >= 0.3 is 0 Å². The van der Waals surface area contributed by atoms with Crippen LogP contribution in [0.5, 0.6) is 5.75 Å². The fourth-order valence-corrected chi connectivity index (χ4v) is 2.46. The van der Waals surface area contributed by atoms with E-state index in [2.05, 4.69) is 15.5 Å². The first kappa shape index (κ1) is 17.8. The van der Waals surface area contributed by atoms with Crippen LogP contribution in [-0.2, 0) is 11.3 Å². The van der Waals surface area contributed by atoms with Gasteiger partial charge in [-0.1, -0.05) is 17.7 Å². The number of aromatic nitrogens is 4. The molecule has 0 aliphatic carbocycles. The summed E-state index contributed by atoms with van der Waals surface area (Å²) in [4.78, 5) is 13.6. The number of nitrogens with zero attached hydrogens (tertiary/aromatic N) is 5. The molecule has 3 rings (SSSR count). The Kier molecular flexibility index (Phi) is 5.43. The van der Waals surface area contributed by atoms with Gasteiger partial charge in [0.15, 0.2) is 6.61 Å². The van der Waals surface area contributed by atoms with E-state index in [0.29, 0.717) is 5.75 Å². The molecule has 0 aliphatic rings. The average Bonchev–Trinajstić information content (AvgIpc) is 3.18. The third-order valence-corrected chi connectivity index (χ3v) is 4.05. The van der Waals surface area contributed by atoms with Crippen molar-refractivity contribution in [2.45, 2.75) is 6.54 Å². The van der Waals surface area contributed by atoms with Gasteiger partial charge < -0.3 is 9.64 Å². The Morgan fingerprint density at radius 3 is 2.69 bits per heavy atom. The summed E-state index contributed by atoms with van der Waals surface area (Å²) in [6, 6.07) is 11.3. The highest BCUT2D eigenvalue weighted by molar-refractivity contribution is 6.31. The lowest BCUT2D eigenvalue weighted by molar-refractivity contribution is -0.132. The van der Waals surface area contributed by atoms with Crippen molar-refractivity contribution < 1.29 is 13.9 Å². The second-order valence-corrected chi connectivity index (χ2v) is 5.89. The molecule has 0 N–H and O–H groups in total. The van der Waals surface area contributed by atoms with Crippen molar-refractivity contribution in [1.82, 2.24) is 25.1 Å². The van der Waals surface area contributed by atoms with Gasteiger partial charge in [0.2, 0.25) is 0 Å². The van der Waals surface area contributed by atoms with Gasteiger partial charge in [-0.2, -0.15) is 0 Å². The summed E-state index contributed by atoms with van der Waals surface area (Å²) < 4.78 is 20.8. The van der Waals surface area contributed by atoms with Crippen molar-refractivity contribution in [2.24, 2.45) is 0 Å². The van der Waals surface area contributed by atoms with Gasteiger partial charge in [0.25, 0.3) is 5.91 Å². The number of halogens is 2. The van der Waals surface area contributed by atoms with Crippen molar-refractivity contribution in [2.75, 3.05) is 13.7 Å². The minimum Gasteiger partial charge on any atom is -0.484 e. The Balaban J connectivity index is 1.56. The maximum absolute atomic E-state index is 13.8. The van der Waals surface area contributed by atoms with Crippen LogP contribution in [0.4, 0.5) is 4.39 Å². The third kappa shape index (κ3) is 4.15. The second kappa shape index (κ2) is 7.92. The van der Waals surface area contributed by atoms with E-state index in [-0.39, 0.29) is 29.6 Å². The van der Waals surface area contributed by atoms with E-state index in [0.717, 1.165) is 5.69 Å². The van der Waals surface area contributed by atoms with Gasteiger partial charge in [0, 0.05) is 24.2 Å². The summed E-state index contributed by atoms with van der Waals surface area (Å²) in [7, 11) is 1.56. The number of likely N-dealkylation sites (N-methyl/N-ethyl adjacent to an activating group) is 1. The summed E-state index contributed by atoms with van der Waals surface area (Å²) in [5.74, 6) is -0.224. The Labute approximate surface area is 153 Å². The highest BCUT2D eigenvalue weighted by atomic mass is 35.5. The van der Waals surface area contributed by atoms with Crippen LogP contribution < -0.4 is 4.74 Å². The Morgan fingerprint density at radius 1 is 1.27 bits per heavy atom. The number of amides is 1. The number of hydrogen-bond donors (Lipinski definition) is 0. The smallest absolute Gasteiger partial charge is 0.260 e. The zero-order valence-corrected chi connectivity index (χ0v) is 14.6. The number of rotatable bonds is 6. The summed E-state index contributed by atoms with van der Waals surface area (Å²) in [6.07, 6.45) is 1.47. The number of benzene rings is 2. The van der Waals surface area contributed by atoms with E-state index in [9.17, 15) is 9.18 Å². The maximum atomic E-state index is 13.8. The molecule has 0 atom stereocenters. The Morgan fingerprint density at radius 2 is 2.04 bits per heavy atom. The molecule has 1 heterocycles. The van der Waals surface area contributed by atoms with Crippen LogP contribution >= 0.6 is 11.6 Å². The number of carbonyl (C=O) groups excluding carboxylic acids is 1. The zero-order chi connectivity index (χ0) is 18.5. The second-order valence-electron chi connectivity index (χ2n) is 5.49. The highest BCUT2D eigenvalue weighted by Crippen LogP contribution is 2.20. The molecule has 134 valence electrons. The summed E-state index contributed by atoms with van der Waals surface area (Å²) in [6.45, 7) is -0.112. The largest absolute Gasteiger partial charge is 0.484 e. The first-order valence-electron chi connectivity index (χ1n) is 7.67. The molecule has 3 aromatic rings. The van der Waals surface area contributed by atoms with Crippen LogP contribution in [0.1, 0.15) is 5.56 Å². The molecule has 0 aliphatic heterocycles. The van der Waals surface area contributed by atoms with Crippen molar-refractivity contribution in [3.63, 3.8) is 0 Å². The van der Waals surface area contributed by atoms with E-state index in [1.807, 2.05) is 0 Å². The van der Waals surface area contributed by atoms with Gasteiger partial charge in [0.1, 0.15) is 17.9 Å². The lowest BCUT2D eigenvalue weighted by Gasteiger charge is -2.18. The quantitative estimate of drug-likeness (QED) is 0.661. The van der Waals surface area contributed by atoms with Crippen LogP contribution in [0.2, 0.25) is 5.02 Å². The molecule has 9 heteroatoms. The molecule has 0 bridgehead atoms. The average molecular weight is 376 g/mol. The molecule has 0 spiro atoms. The van der Waals surface area contributed by atoms with Crippen LogP contribution in [0.15, 0.2) is 48.8 Å². The molecule has 1 aromatic heterocycles. The molecule has 0 saturated carbocycles. The minimum atomic E-state index is -0.448. The van der Waals surface area contributed by atoms with Crippen LogP contribution in [0.25, 0.3) is 5.69 Å². The predicted molar refractivity (Wildman–Crippen MR) is 92.5 cm³/mol. The first-order chi connectivity index (χ1) is 12.5. The predicted octanol–water partition coefficient (Wildman–Crippen LogP) is 2.49. The highest BCUT2D eigenvalue weighted by Gasteiger charge is 2.15. The van der Waals surface area contributed by atoms with Gasteiger partial charge in [0.05, 0.1) is 5.69 Å². The van der Waals surface area contributed by atoms with Gasteiger partial charge in [-0.3, -0.25) is 4.79 Å². The van der Waals surface area contributed by atoms with Gasteiger partial charge in [-0.25, -0.2) is 9.07 Å². The molecule has 0 saturated heterocycles. The third-order valence-electron chi connectivity index (χ3n) is 3.70. The van der Waals surface area contributed by atoms with Crippen LogP contribution in [0.3, 0.4) is 0 Å². The molecule has 0 fully saturated rings. The summed E-state index contributed by atoms with van der Waals surface area (Å²) in [5, 5.41) is 11.2. The summed E-state index contributed by atoms with van der Waals surface area (Å²) in [5.41, 5.74) is 1.04. The molecular formula is C17H15ClFN5O2.